The van der Waals surface area contributed by atoms with Crippen LogP contribution in [0, 0.1) is 0 Å². The molecule has 65 heavy (non-hydrogen) atoms. The molecule has 0 bridgehead atoms. The zero-order valence-electron chi connectivity index (χ0n) is 41.5. The van der Waals surface area contributed by atoms with E-state index in [0.717, 1.165) is 12.0 Å². The van der Waals surface area contributed by atoms with Gasteiger partial charge in [0.15, 0.2) is 37.5 Å². The van der Waals surface area contributed by atoms with Gasteiger partial charge < -0.3 is 68.3 Å². The van der Waals surface area contributed by atoms with Gasteiger partial charge in [-0.05, 0) is 67.2 Å². The molecule has 12 unspecified atom stereocenters. The minimum atomic E-state index is -2.37. The van der Waals surface area contributed by atoms with E-state index in [-0.39, 0.29) is 114 Å². The third kappa shape index (κ3) is 23.6. The van der Waals surface area contributed by atoms with Crippen LogP contribution in [0.15, 0.2) is 0 Å². The van der Waals surface area contributed by atoms with Crippen molar-refractivity contribution >= 4 is 49.0 Å². The van der Waals surface area contributed by atoms with Crippen molar-refractivity contribution in [2.45, 2.75) is 232 Å². The van der Waals surface area contributed by atoms with Gasteiger partial charge in [-0.1, -0.05) is 91.0 Å². The molecule has 0 aromatic carbocycles. The summed E-state index contributed by atoms with van der Waals surface area (Å²) >= 11 is 1.45. The summed E-state index contributed by atoms with van der Waals surface area (Å²) in [6.45, 7) is 36.8. The molecule has 2 saturated heterocycles. The Morgan fingerprint density at radius 2 is 0.877 bits per heavy atom. The normalized spacial score (nSPS) is 27.7. The molecule has 0 amide bonds. The predicted molar refractivity (Wildman–Crippen MR) is 249 cm³/mol. The van der Waals surface area contributed by atoms with E-state index in [0.29, 0.717) is 24.9 Å². The molecule has 2 heterocycles. The van der Waals surface area contributed by atoms with Gasteiger partial charge in [-0.2, -0.15) is 8.67 Å². The second kappa shape index (κ2) is 32.7. The molecule has 2 aliphatic rings. The van der Waals surface area contributed by atoms with Crippen molar-refractivity contribution in [3.8, 4) is 0 Å². The van der Waals surface area contributed by atoms with E-state index in [1.807, 2.05) is 6.92 Å². The quantitative estimate of drug-likeness (QED) is 0.0295. The van der Waals surface area contributed by atoms with Gasteiger partial charge >= 0.3 is 59.1 Å². The number of aliphatic hydroxyl groups is 5. The first kappa shape index (κ1) is 74.2. The van der Waals surface area contributed by atoms with Crippen molar-refractivity contribution in [3.63, 3.8) is 0 Å². The average molecular weight is 1050 g/mol. The van der Waals surface area contributed by atoms with Crippen LogP contribution in [-0.2, 0) is 51.0 Å². The Morgan fingerprint density at radius 3 is 1.25 bits per heavy atom. The van der Waals surface area contributed by atoms with Crippen molar-refractivity contribution in [3.05, 3.63) is 0 Å². The minimum absolute atomic E-state index is 0. The topological polar surface area (TPSA) is 249 Å². The molecule has 0 radical (unpaired) electrons. The van der Waals surface area contributed by atoms with Crippen LogP contribution < -0.4 is 69.6 Å². The first-order chi connectivity index (χ1) is 27.8. The smallest absolute Gasteiger partial charge is 0.691 e. The molecule has 5 N–H and O–H groups in total. The van der Waals surface area contributed by atoms with Crippen LogP contribution in [0.1, 0.15) is 104 Å². The Kier molecular flexibility index (Phi) is 37.4. The minimum Gasteiger partial charge on any atom is -0.691 e. The van der Waals surface area contributed by atoms with Crippen LogP contribution in [0.25, 0.3) is 0 Å². The summed E-state index contributed by atoms with van der Waals surface area (Å²) in [6.07, 6.45) is -9.79. The summed E-state index contributed by atoms with van der Waals surface area (Å²) < 4.78 is 53.6. The summed E-state index contributed by atoms with van der Waals surface area (Å²) in [5.74, 6) is 0.227. The second-order valence-electron chi connectivity index (χ2n) is 20.2. The molecule has 2 rings (SSSR count). The average Bonchev–Trinajstić information content (AvgIpc) is 3.14. The summed E-state index contributed by atoms with van der Waals surface area (Å²) in [5, 5.41) is 75.8. The Bertz CT molecular complexity index is 1240. The first-order valence-corrected chi connectivity index (χ1v) is 31.5. The number of aliphatic hydroxyl groups excluding tert-OH is 5. The maximum atomic E-state index is 10.7. The first-order valence-electron chi connectivity index (χ1n) is 21.0. The van der Waals surface area contributed by atoms with Crippen LogP contribution in [0.2, 0.25) is 54.4 Å². The molecular weight excluding hydrogens is 963 g/mol. The van der Waals surface area contributed by atoms with Crippen LogP contribution in [0.3, 0.4) is 0 Å². The molecule has 12 atom stereocenters. The van der Waals surface area contributed by atoms with Crippen molar-refractivity contribution in [2.75, 3.05) is 24.7 Å². The zero-order chi connectivity index (χ0) is 47.4. The summed E-state index contributed by atoms with van der Waals surface area (Å²) in [7, 11) is -7.08. The van der Waals surface area contributed by atoms with Crippen molar-refractivity contribution in [1.29, 1.82) is 0 Å². The number of ether oxygens (including phenoxy) is 4. The molecule has 2 fully saturated rings. The molecular formula is C40H88Na2O18S2Si3. The van der Waals surface area contributed by atoms with Gasteiger partial charge in [-0.15, -0.1) is 0 Å². The maximum absolute atomic E-state index is 10.7. The van der Waals surface area contributed by atoms with E-state index < -0.39 is 98.6 Å². The Balaban J connectivity index is -0.000000657. The van der Waals surface area contributed by atoms with Gasteiger partial charge in [0.25, 0.3) is 0 Å². The largest absolute Gasteiger partial charge is 1.00 e. The van der Waals surface area contributed by atoms with Crippen molar-refractivity contribution in [1.82, 2.24) is 0 Å². The molecule has 0 aliphatic carbocycles. The van der Waals surface area contributed by atoms with Gasteiger partial charge in [0.2, 0.25) is 0 Å². The molecule has 0 spiro atoms. The standard InChI is InChI=1S/C28H62O9SSi3.C10H20O9S.2CH4.2Na/c1-17-20(29)18-31-25-24(35-41(15,16)28(8,9)10)23(34-40(13,14)27(5,6)7)22(21(32-25)19-38-37-36-30)33-39(11,12)26(2,3)4;1-2-5(11)3-16-10-9(14)8(13)7(12)6(17-10)4-20-19-18-15;;;;/h20-25,29-30H,17-19H2,1-16H3;5-15H,2-4H2,1H3;2*1H4;;/q;;;;2*+1/p-2. The maximum Gasteiger partial charge on any atom is 1.00 e. The fourth-order valence-electron chi connectivity index (χ4n) is 5.17. The molecule has 382 valence electrons. The predicted octanol–water partition coefficient (Wildman–Crippen LogP) is -0.725. The van der Waals surface area contributed by atoms with Gasteiger partial charge in [0.1, 0.15) is 36.6 Å². The van der Waals surface area contributed by atoms with Crippen LogP contribution in [0.4, 0.5) is 0 Å². The molecule has 25 heteroatoms. The molecule has 0 aromatic heterocycles. The number of hydrogen-bond donors (Lipinski definition) is 5. The second-order valence-corrected chi connectivity index (χ2v) is 35.9. The van der Waals surface area contributed by atoms with Crippen LogP contribution >= 0.6 is 24.1 Å². The van der Waals surface area contributed by atoms with E-state index >= 15 is 0 Å². The van der Waals surface area contributed by atoms with Crippen molar-refractivity contribution in [2.24, 2.45) is 0 Å². The summed E-state index contributed by atoms with van der Waals surface area (Å²) in [4.78, 5) is 0. The monoisotopic (exact) mass is 1050 g/mol. The summed E-state index contributed by atoms with van der Waals surface area (Å²) in [5.41, 5.74) is 0. The van der Waals surface area contributed by atoms with E-state index in [2.05, 4.69) is 120 Å². The molecule has 0 saturated carbocycles. The van der Waals surface area contributed by atoms with E-state index in [9.17, 15) is 36.0 Å². The third-order valence-electron chi connectivity index (χ3n) is 12.4. The molecule has 0 aromatic rings. The zero-order valence-corrected chi connectivity index (χ0v) is 50.2. The van der Waals surface area contributed by atoms with Gasteiger partial charge in [0.05, 0.1) is 49.1 Å². The number of rotatable bonds is 22. The van der Waals surface area contributed by atoms with Gasteiger partial charge in [-0.25, -0.2) is 0 Å². The summed E-state index contributed by atoms with van der Waals surface area (Å²) in [6, 6.07) is 0. The molecule has 2 aliphatic heterocycles. The SMILES string of the molecule is C.C.CCC(O)COC1OC(CSOO[O-])C(O)C(O)C1O.CCC(O)COC1OC(CSOO[O-])C(O[Si](C)(C)C(C)(C)C)C(O[Si](C)(C)C(C)(C)C)C1O[Si](C)(C)C(C)(C)C.[Na+].[Na+]. The third-order valence-corrected chi connectivity index (χ3v) is 27.1. The van der Waals surface area contributed by atoms with Gasteiger partial charge in [0, 0.05) is 24.1 Å². The Labute approximate surface area is 448 Å². The van der Waals surface area contributed by atoms with E-state index in [1.54, 1.807) is 6.92 Å². The van der Waals surface area contributed by atoms with Crippen LogP contribution in [-0.4, -0.2) is 149 Å². The Hall–Kier alpha value is 2.63. The molecule has 18 nitrogen and oxygen atoms in total. The van der Waals surface area contributed by atoms with Gasteiger partial charge in [-0.3, -0.25) is 10.1 Å². The Morgan fingerprint density at radius 1 is 0.538 bits per heavy atom. The van der Waals surface area contributed by atoms with E-state index in [4.69, 9.17) is 32.2 Å². The fraction of sp³-hybridized carbons (Fsp3) is 1.00. The fourth-order valence-corrected chi connectivity index (χ4v) is 10.1. The van der Waals surface area contributed by atoms with Crippen molar-refractivity contribution < 1.29 is 146 Å². The van der Waals surface area contributed by atoms with E-state index in [1.165, 1.54) is 0 Å². The number of hydrogen-bond acceptors (Lipinski definition) is 20. The van der Waals surface area contributed by atoms with Crippen LogP contribution in [0.5, 0.6) is 0 Å².